The zero-order chi connectivity index (χ0) is 14.8. The number of carbonyl (C=O) groups excluding carboxylic acids is 1. The van der Waals surface area contributed by atoms with Gasteiger partial charge in [-0.15, -0.1) is 0 Å². The lowest BCUT2D eigenvalue weighted by molar-refractivity contribution is -0.130. The van der Waals surface area contributed by atoms with Crippen LogP contribution in [-0.2, 0) is 14.8 Å². The van der Waals surface area contributed by atoms with E-state index in [1.807, 2.05) is 0 Å². The van der Waals surface area contributed by atoms with Gasteiger partial charge in [-0.05, 0) is 44.7 Å². The molecule has 1 unspecified atom stereocenters. The third-order valence-corrected chi connectivity index (χ3v) is 6.07. The minimum Gasteiger partial charge on any atom is -0.317 e. The first-order valence-corrected chi connectivity index (χ1v) is 9.35. The number of ketones is 1. The monoisotopic (exact) mass is 302 g/mol. The summed E-state index contributed by atoms with van der Waals surface area (Å²) in [7, 11) is -3.12. The summed E-state index contributed by atoms with van der Waals surface area (Å²) in [5.41, 5.74) is -0.210. The van der Waals surface area contributed by atoms with Crippen molar-refractivity contribution in [1.29, 1.82) is 0 Å². The second kappa shape index (κ2) is 6.12. The van der Waals surface area contributed by atoms with Crippen LogP contribution >= 0.6 is 0 Å². The van der Waals surface area contributed by atoms with E-state index in [0.717, 1.165) is 38.8 Å². The van der Waals surface area contributed by atoms with Crippen LogP contribution in [0.1, 0.15) is 39.0 Å². The molecule has 0 radical (unpaired) electrons. The lowest BCUT2D eigenvalue weighted by Crippen LogP contribution is -2.43. The topological polar surface area (TPSA) is 66.5 Å². The summed E-state index contributed by atoms with van der Waals surface area (Å²) in [6.07, 6.45) is 5.41. The number of hydrogen-bond acceptors (Lipinski definition) is 4. The number of nitrogens with zero attached hydrogens (tertiary/aromatic N) is 1. The molecule has 20 heavy (non-hydrogen) atoms. The predicted octanol–water partition coefficient (Wildman–Crippen LogP) is 1.01. The Morgan fingerprint density at radius 3 is 2.60 bits per heavy atom. The van der Waals surface area contributed by atoms with E-state index in [2.05, 4.69) is 12.2 Å². The smallest absolute Gasteiger partial charge is 0.211 e. The number of nitrogens with one attached hydrogen (secondary N) is 1. The van der Waals surface area contributed by atoms with Crippen molar-refractivity contribution in [2.24, 2.45) is 11.3 Å². The number of Topliss-reactive ketones (excluding diaryl/α,β-unsaturated/α-hetero) is 1. The van der Waals surface area contributed by atoms with Gasteiger partial charge in [-0.25, -0.2) is 12.7 Å². The Morgan fingerprint density at radius 2 is 2.00 bits per heavy atom. The highest BCUT2D eigenvalue weighted by Crippen LogP contribution is 2.33. The molecule has 0 aliphatic carbocycles. The summed E-state index contributed by atoms with van der Waals surface area (Å²) < 4.78 is 24.8. The molecule has 1 N–H and O–H groups in total. The first kappa shape index (κ1) is 15.9. The van der Waals surface area contributed by atoms with Crippen LogP contribution in [0, 0.1) is 11.3 Å². The average molecular weight is 302 g/mol. The fourth-order valence-electron chi connectivity index (χ4n) is 3.26. The number of rotatable bonds is 4. The molecule has 0 bridgehead atoms. The predicted molar refractivity (Wildman–Crippen MR) is 79.0 cm³/mol. The second-order valence-electron chi connectivity index (χ2n) is 6.57. The Morgan fingerprint density at radius 1 is 1.35 bits per heavy atom. The van der Waals surface area contributed by atoms with Crippen molar-refractivity contribution >= 4 is 15.8 Å². The first-order chi connectivity index (χ1) is 9.31. The van der Waals surface area contributed by atoms with Gasteiger partial charge < -0.3 is 5.32 Å². The molecule has 2 saturated heterocycles. The summed E-state index contributed by atoms with van der Waals surface area (Å²) in [5, 5.41) is 3.29. The van der Waals surface area contributed by atoms with E-state index in [4.69, 9.17) is 0 Å². The van der Waals surface area contributed by atoms with Gasteiger partial charge in [0, 0.05) is 24.9 Å². The zero-order valence-corrected chi connectivity index (χ0v) is 13.3. The lowest BCUT2D eigenvalue weighted by Gasteiger charge is -2.36. The van der Waals surface area contributed by atoms with Crippen LogP contribution in [0.15, 0.2) is 0 Å². The van der Waals surface area contributed by atoms with Gasteiger partial charge in [0.25, 0.3) is 0 Å². The molecule has 1 atom stereocenters. The minimum atomic E-state index is -3.12. The third-order valence-electron chi connectivity index (χ3n) is 4.81. The summed E-state index contributed by atoms with van der Waals surface area (Å²) in [4.78, 5) is 12.5. The number of piperidine rings is 2. The Labute approximate surface area is 122 Å². The normalized spacial score (nSPS) is 28.2. The van der Waals surface area contributed by atoms with Crippen molar-refractivity contribution in [2.75, 3.05) is 32.4 Å². The molecule has 2 heterocycles. The van der Waals surface area contributed by atoms with Gasteiger partial charge in [0.1, 0.15) is 5.78 Å². The van der Waals surface area contributed by atoms with E-state index in [-0.39, 0.29) is 11.3 Å². The maximum absolute atomic E-state index is 12.5. The maximum Gasteiger partial charge on any atom is 0.211 e. The van der Waals surface area contributed by atoms with E-state index in [1.165, 1.54) is 10.6 Å². The van der Waals surface area contributed by atoms with Crippen molar-refractivity contribution in [3.05, 3.63) is 0 Å². The Kier molecular flexibility index (Phi) is 4.87. The van der Waals surface area contributed by atoms with Crippen molar-refractivity contribution in [3.8, 4) is 0 Å². The van der Waals surface area contributed by atoms with E-state index in [9.17, 15) is 13.2 Å². The summed E-state index contributed by atoms with van der Waals surface area (Å²) >= 11 is 0. The highest BCUT2D eigenvalue weighted by molar-refractivity contribution is 7.88. The van der Waals surface area contributed by atoms with Crippen LogP contribution in [0.4, 0.5) is 0 Å². The van der Waals surface area contributed by atoms with Crippen molar-refractivity contribution in [2.45, 2.75) is 39.0 Å². The van der Waals surface area contributed by atoms with Gasteiger partial charge in [-0.1, -0.05) is 6.92 Å². The molecule has 2 rings (SSSR count). The van der Waals surface area contributed by atoms with Crippen LogP contribution in [0.3, 0.4) is 0 Å². The fourth-order valence-corrected chi connectivity index (χ4v) is 4.20. The Hall–Kier alpha value is -0.460. The fraction of sp³-hybridized carbons (Fsp3) is 0.929. The molecule has 0 amide bonds. The molecule has 6 heteroatoms. The molecule has 116 valence electrons. The average Bonchev–Trinajstić information content (AvgIpc) is 2.39. The van der Waals surface area contributed by atoms with Gasteiger partial charge >= 0.3 is 0 Å². The molecule has 0 aromatic rings. The number of carbonyl (C=O) groups is 1. The largest absolute Gasteiger partial charge is 0.317 e. The van der Waals surface area contributed by atoms with Gasteiger partial charge in [0.15, 0.2) is 0 Å². The van der Waals surface area contributed by atoms with Crippen molar-refractivity contribution in [3.63, 3.8) is 0 Å². The standard InChI is InChI=1S/C14H26N2O3S/c1-14(5-7-15-8-6-14)13(17)10-12-4-3-9-16(11-12)20(2,18)19/h12,15H,3-11H2,1-2H3. The van der Waals surface area contributed by atoms with Crippen LogP contribution in [0.25, 0.3) is 0 Å². The molecule has 0 aromatic heterocycles. The Balaban J connectivity index is 1.94. The molecule has 0 saturated carbocycles. The van der Waals surface area contributed by atoms with E-state index in [1.54, 1.807) is 0 Å². The molecule has 0 aromatic carbocycles. The van der Waals surface area contributed by atoms with Crippen LogP contribution in [0.2, 0.25) is 0 Å². The maximum atomic E-state index is 12.5. The second-order valence-corrected chi connectivity index (χ2v) is 8.55. The molecule has 5 nitrogen and oxygen atoms in total. The number of hydrogen-bond donors (Lipinski definition) is 1. The van der Waals surface area contributed by atoms with Crippen molar-refractivity contribution < 1.29 is 13.2 Å². The van der Waals surface area contributed by atoms with Gasteiger partial charge in [0.2, 0.25) is 10.0 Å². The van der Waals surface area contributed by atoms with Gasteiger partial charge in [-0.2, -0.15) is 0 Å². The van der Waals surface area contributed by atoms with Crippen LogP contribution in [0.5, 0.6) is 0 Å². The highest BCUT2D eigenvalue weighted by Gasteiger charge is 2.36. The summed E-state index contributed by atoms with van der Waals surface area (Å²) in [6, 6.07) is 0. The molecular formula is C14H26N2O3S. The zero-order valence-electron chi connectivity index (χ0n) is 12.5. The molecule has 2 aliphatic heterocycles. The molecule has 2 aliphatic rings. The first-order valence-electron chi connectivity index (χ1n) is 7.50. The summed E-state index contributed by atoms with van der Waals surface area (Å²) in [5.74, 6) is 0.511. The van der Waals surface area contributed by atoms with Crippen LogP contribution in [-0.4, -0.2) is 50.9 Å². The SMILES string of the molecule is CC1(C(=O)CC2CCCN(S(C)(=O)=O)C2)CCNCC1. The van der Waals surface area contributed by atoms with Crippen LogP contribution < -0.4 is 5.32 Å². The van der Waals surface area contributed by atoms with Gasteiger partial charge in [0.05, 0.1) is 6.26 Å². The molecule has 0 spiro atoms. The highest BCUT2D eigenvalue weighted by atomic mass is 32.2. The van der Waals surface area contributed by atoms with E-state index in [0.29, 0.717) is 25.3 Å². The molecule has 2 fully saturated rings. The Bertz CT molecular complexity index is 455. The molecular weight excluding hydrogens is 276 g/mol. The van der Waals surface area contributed by atoms with Crippen molar-refractivity contribution in [1.82, 2.24) is 9.62 Å². The lowest BCUT2D eigenvalue weighted by atomic mass is 9.74. The van der Waals surface area contributed by atoms with E-state index >= 15 is 0 Å². The summed E-state index contributed by atoms with van der Waals surface area (Å²) in [6.45, 7) is 4.99. The van der Waals surface area contributed by atoms with E-state index < -0.39 is 10.0 Å². The third kappa shape index (κ3) is 3.80. The minimum absolute atomic E-state index is 0.192. The number of sulfonamides is 1. The quantitative estimate of drug-likeness (QED) is 0.841. The van der Waals surface area contributed by atoms with Gasteiger partial charge in [-0.3, -0.25) is 4.79 Å².